The van der Waals surface area contributed by atoms with Crippen LogP contribution in [0.5, 0.6) is 0 Å². The third-order valence-electron chi connectivity index (χ3n) is 4.69. The molecule has 0 saturated heterocycles. The number of nitrogens with zero attached hydrogens (tertiary/aromatic N) is 1. The number of alkyl carbamates (subject to hydrolysis) is 1. The predicted molar refractivity (Wildman–Crippen MR) is 104 cm³/mol. The highest BCUT2D eigenvalue weighted by Gasteiger charge is 2.34. The van der Waals surface area contributed by atoms with Gasteiger partial charge in [-0.05, 0) is 57.0 Å². The van der Waals surface area contributed by atoms with E-state index in [1.165, 1.54) is 13.2 Å². The first-order valence-corrected chi connectivity index (χ1v) is 9.25. The summed E-state index contributed by atoms with van der Waals surface area (Å²) in [6.45, 7) is 7.05. The van der Waals surface area contributed by atoms with Crippen LogP contribution in [0.4, 0.5) is 10.5 Å². The zero-order valence-corrected chi connectivity index (χ0v) is 16.4. The largest absolute Gasteiger partial charge is 0.464 e. The van der Waals surface area contributed by atoms with Gasteiger partial charge >= 0.3 is 6.09 Å². The molecular weight excluding hydrogens is 360 g/mol. The van der Waals surface area contributed by atoms with Crippen molar-refractivity contribution in [1.29, 1.82) is 0 Å². The molecule has 7 heteroatoms. The maximum Gasteiger partial charge on any atom is 0.407 e. The molecule has 7 nitrogen and oxygen atoms in total. The number of hydrogen-bond acceptors (Lipinski definition) is 5. The number of hydrogen-bond donors (Lipinski definition) is 1. The fraction of sp³-hybridized carbons (Fsp3) is 0.381. The lowest BCUT2D eigenvalue weighted by Crippen LogP contribution is -2.45. The third kappa shape index (κ3) is 3.93. The molecule has 1 aromatic carbocycles. The fourth-order valence-electron chi connectivity index (χ4n) is 3.59. The maximum atomic E-state index is 12.2. The highest BCUT2D eigenvalue weighted by molar-refractivity contribution is 5.94. The Hall–Kier alpha value is -3.09. The molecule has 0 saturated carbocycles. The molecule has 1 aliphatic rings. The van der Waals surface area contributed by atoms with E-state index < -0.39 is 6.09 Å². The standard InChI is InChI=1S/C21H24N2O5/c1-12(2)28-21(26)22-18-7-13(3)23(14(4)25)19-6-5-16(9-17(18)19)20-8-15(10-24)11-27-20/h5-6,8-13,18H,7H2,1-4H3,(H,22,26)/t13-,18+/m1/s1. The van der Waals surface area contributed by atoms with Gasteiger partial charge in [-0.15, -0.1) is 0 Å². The number of fused-ring (bicyclic) bond motifs is 1. The van der Waals surface area contributed by atoms with Crippen LogP contribution in [0.25, 0.3) is 11.3 Å². The van der Waals surface area contributed by atoms with Crippen molar-refractivity contribution in [3.05, 3.63) is 41.7 Å². The lowest BCUT2D eigenvalue weighted by Gasteiger charge is -2.39. The van der Waals surface area contributed by atoms with Crippen LogP contribution in [0.3, 0.4) is 0 Å². The summed E-state index contributed by atoms with van der Waals surface area (Å²) in [5.41, 5.74) is 2.75. The number of carbonyl (C=O) groups is 3. The fourth-order valence-corrected chi connectivity index (χ4v) is 3.59. The highest BCUT2D eigenvalue weighted by Crippen LogP contribution is 2.39. The van der Waals surface area contributed by atoms with Gasteiger partial charge in [0.05, 0.1) is 17.7 Å². The summed E-state index contributed by atoms with van der Waals surface area (Å²) in [6, 6.07) is 6.82. The summed E-state index contributed by atoms with van der Waals surface area (Å²) in [4.78, 5) is 37.0. The van der Waals surface area contributed by atoms with Gasteiger partial charge in [-0.1, -0.05) is 0 Å². The molecule has 2 amide bonds. The van der Waals surface area contributed by atoms with Crippen molar-refractivity contribution < 1.29 is 23.5 Å². The van der Waals surface area contributed by atoms with E-state index in [9.17, 15) is 14.4 Å². The molecule has 0 aliphatic carbocycles. The van der Waals surface area contributed by atoms with Crippen molar-refractivity contribution in [2.45, 2.75) is 52.3 Å². The third-order valence-corrected chi connectivity index (χ3v) is 4.69. The number of furan rings is 1. The lowest BCUT2D eigenvalue weighted by molar-refractivity contribution is -0.117. The molecule has 2 heterocycles. The Morgan fingerprint density at radius 3 is 2.68 bits per heavy atom. The van der Waals surface area contributed by atoms with Crippen LogP contribution >= 0.6 is 0 Å². The van der Waals surface area contributed by atoms with Gasteiger partial charge in [-0.3, -0.25) is 9.59 Å². The van der Waals surface area contributed by atoms with E-state index in [1.807, 2.05) is 25.1 Å². The minimum Gasteiger partial charge on any atom is -0.464 e. The van der Waals surface area contributed by atoms with E-state index in [4.69, 9.17) is 9.15 Å². The van der Waals surface area contributed by atoms with Gasteiger partial charge in [0, 0.05) is 24.2 Å². The van der Waals surface area contributed by atoms with E-state index in [-0.39, 0.29) is 24.1 Å². The molecule has 148 valence electrons. The number of anilines is 1. The SMILES string of the molecule is CC(=O)N1c2ccc(-c3cc(C=O)co3)cc2[C@@H](NC(=O)OC(C)C)C[C@H]1C. The molecule has 2 atom stereocenters. The molecule has 1 N–H and O–H groups in total. The van der Waals surface area contributed by atoms with Gasteiger partial charge in [0.25, 0.3) is 0 Å². The Morgan fingerprint density at radius 2 is 2.07 bits per heavy atom. The summed E-state index contributed by atoms with van der Waals surface area (Å²) in [7, 11) is 0. The molecule has 0 spiro atoms. The number of amides is 2. The molecule has 0 radical (unpaired) electrons. The number of aldehydes is 1. The van der Waals surface area contributed by atoms with Gasteiger partial charge in [-0.25, -0.2) is 4.79 Å². The monoisotopic (exact) mass is 384 g/mol. The van der Waals surface area contributed by atoms with E-state index in [1.54, 1.807) is 24.8 Å². The van der Waals surface area contributed by atoms with Gasteiger partial charge in [0.15, 0.2) is 6.29 Å². The predicted octanol–water partition coefficient (Wildman–Crippen LogP) is 4.08. The van der Waals surface area contributed by atoms with Gasteiger partial charge in [-0.2, -0.15) is 0 Å². The van der Waals surface area contributed by atoms with Gasteiger partial charge < -0.3 is 19.4 Å². The lowest BCUT2D eigenvalue weighted by atomic mass is 9.90. The molecule has 28 heavy (non-hydrogen) atoms. The summed E-state index contributed by atoms with van der Waals surface area (Å²) in [5, 5.41) is 2.91. The number of rotatable bonds is 4. The minimum absolute atomic E-state index is 0.0639. The summed E-state index contributed by atoms with van der Waals surface area (Å²) < 4.78 is 10.7. The zero-order chi connectivity index (χ0) is 20.4. The molecule has 2 aromatic rings. The first-order valence-electron chi connectivity index (χ1n) is 9.25. The average Bonchev–Trinajstić information content (AvgIpc) is 3.09. The van der Waals surface area contributed by atoms with E-state index in [0.717, 1.165) is 23.1 Å². The quantitative estimate of drug-likeness (QED) is 0.803. The van der Waals surface area contributed by atoms with E-state index in [0.29, 0.717) is 17.7 Å². The molecular formula is C21H24N2O5. The Bertz CT molecular complexity index is 902. The van der Waals surface area contributed by atoms with Crippen molar-refractivity contribution in [3.8, 4) is 11.3 Å². The summed E-state index contributed by atoms with van der Waals surface area (Å²) in [6.07, 6.45) is 1.94. The number of nitrogens with one attached hydrogen (secondary N) is 1. The van der Waals surface area contributed by atoms with Crippen LogP contribution in [-0.4, -0.2) is 30.4 Å². The van der Waals surface area contributed by atoms with Gasteiger partial charge in [0.1, 0.15) is 12.0 Å². The minimum atomic E-state index is -0.499. The first kappa shape index (κ1) is 19.7. The second kappa shape index (κ2) is 7.88. The molecule has 3 rings (SSSR count). The van der Waals surface area contributed by atoms with Crippen molar-refractivity contribution in [1.82, 2.24) is 5.32 Å². The topological polar surface area (TPSA) is 88.9 Å². The Labute approximate surface area is 163 Å². The highest BCUT2D eigenvalue weighted by atomic mass is 16.6. The Balaban J connectivity index is 2.01. The average molecular weight is 384 g/mol. The van der Waals surface area contributed by atoms with Crippen LogP contribution in [0.15, 0.2) is 34.9 Å². The number of carbonyl (C=O) groups excluding carboxylic acids is 3. The van der Waals surface area contributed by atoms with Crippen molar-refractivity contribution in [3.63, 3.8) is 0 Å². The van der Waals surface area contributed by atoms with Crippen LogP contribution in [-0.2, 0) is 9.53 Å². The molecule has 0 unspecified atom stereocenters. The van der Waals surface area contributed by atoms with Crippen molar-refractivity contribution >= 4 is 24.0 Å². The van der Waals surface area contributed by atoms with Crippen molar-refractivity contribution in [2.75, 3.05) is 4.90 Å². The smallest absolute Gasteiger partial charge is 0.407 e. The van der Waals surface area contributed by atoms with Crippen LogP contribution < -0.4 is 10.2 Å². The van der Waals surface area contributed by atoms with E-state index >= 15 is 0 Å². The number of benzene rings is 1. The van der Waals surface area contributed by atoms with Crippen molar-refractivity contribution in [2.24, 2.45) is 0 Å². The van der Waals surface area contributed by atoms with Crippen LogP contribution in [0, 0.1) is 0 Å². The normalized spacial score (nSPS) is 18.5. The van der Waals surface area contributed by atoms with Gasteiger partial charge in [0.2, 0.25) is 5.91 Å². The summed E-state index contributed by atoms with van der Waals surface area (Å²) in [5.74, 6) is 0.479. The molecule has 1 aromatic heterocycles. The Kier molecular flexibility index (Phi) is 5.53. The molecule has 0 bridgehead atoms. The Morgan fingerprint density at radius 1 is 1.32 bits per heavy atom. The second-order valence-electron chi connectivity index (χ2n) is 7.26. The summed E-state index contributed by atoms with van der Waals surface area (Å²) >= 11 is 0. The second-order valence-corrected chi connectivity index (χ2v) is 7.26. The number of ether oxygens (including phenoxy) is 1. The maximum absolute atomic E-state index is 12.2. The first-order chi connectivity index (χ1) is 13.3. The van der Waals surface area contributed by atoms with Crippen LogP contribution in [0.2, 0.25) is 0 Å². The van der Waals surface area contributed by atoms with E-state index in [2.05, 4.69) is 5.32 Å². The molecule has 1 aliphatic heterocycles. The van der Waals surface area contributed by atoms with Crippen LogP contribution in [0.1, 0.15) is 56.1 Å². The molecule has 0 fully saturated rings. The zero-order valence-electron chi connectivity index (χ0n) is 16.4.